The van der Waals surface area contributed by atoms with E-state index in [1.807, 2.05) is 0 Å². The van der Waals surface area contributed by atoms with E-state index < -0.39 is 25.0 Å². The standard InChI is InChI=1S/C7H4ClF2O.3CH3.Sn/c8-5-2-1-3-6(4-5)11-7(9)10;;;;/h1,3-4,7H;3*1H3;. The average molecular weight is 341 g/mol. The Labute approximate surface area is 97.3 Å². The van der Waals surface area contributed by atoms with Crippen molar-refractivity contribution in [2.45, 2.75) is 21.4 Å². The van der Waals surface area contributed by atoms with Gasteiger partial charge in [-0.15, -0.1) is 0 Å². The normalized spacial score (nSPS) is 11.9. The Hall–Kier alpha value is -0.0313. The van der Waals surface area contributed by atoms with Gasteiger partial charge in [-0.05, 0) is 0 Å². The summed E-state index contributed by atoms with van der Waals surface area (Å²) in [5.74, 6) is 0.120. The maximum absolute atomic E-state index is 11.9. The number of hydrogen-bond donors (Lipinski definition) is 0. The number of benzene rings is 1. The SMILES string of the molecule is [CH3][Sn]([CH3])([CH3])[c]1ccc(OC(F)F)cc1Cl. The van der Waals surface area contributed by atoms with Crippen LogP contribution in [-0.4, -0.2) is 25.0 Å². The van der Waals surface area contributed by atoms with E-state index in [2.05, 4.69) is 19.6 Å². The third-order valence-electron chi connectivity index (χ3n) is 1.97. The van der Waals surface area contributed by atoms with Crippen LogP contribution in [0.4, 0.5) is 8.78 Å². The fourth-order valence-corrected chi connectivity index (χ4v) is 7.27. The Balaban J connectivity index is 2.99. The first-order valence-electron chi connectivity index (χ1n) is 4.55. The number of alkyl halides is 2. The Morgan fingerprint density at radius 1 is 1.27 bits per heavy atom. The van der Waals surface area contributed by atoms with Crippen molar-refractivity contribution in [1.29, 1.82) is 0 Å². The van der Waals surface area contributed by atoms with E-state index in [4.69, 9.17) is 11.6 Å². The second-order valence-corrected chi connectivity index (χ2v) is 19.1. The Kier molecular flexibility index (Phi) is 4.23. The molecule has 1 nitrogen and oxygen atoms in total. The van der Waals surface area contributed by atoms with Gasteiger partial charge in [-0.25, -0.2) is 0 Å². The van der Waals surface area contributed by atoms with Crippen molar-refractivity contribution in [2.24, 2.45) is 0 Å². The summed E-state index contributed by atoms with van der Waals surface area (Å²) < 4.78 is 29.3. The van der Waals surface area contributed by atoms with Crippen molar-refractivity contribution in [1.82, 2.24) is 0 Å². The van der Waals surface area contributed by atoms with Crippen LogP contribution in [0.5, 0.6) is 5.75 Å². The number of halogens is 3. The molecular formula is C10H13ClF2OSn. The van der Waals surface area contributed by atoms with Crippen LogP contribution in [0.1, 0.15) is 0 Å². The molecule has 0 amide bonds. The molecule has 0 bridgehead atoms. The first-order valence-corrected chi connectivity index (χ1v) is 14.9. The summed E-state index contributed by atoms with van der Waals surface area (Å²) in [5.41, 5.74) is 0. The fraction of sp³-hybridized carbons (Fsp3) is 0.400. The Bertz CT molecular complexity index is 350. The van der Waals surface area contributed by atoms with Crippen LogP contribution < -0.4 is 8.32 Å². The van der Waals surface area contributed by atoms with Crippen molar-refractivity contribution >= 4 is 33.6 Å². The predicted molar refractivity (Wildman–Crippen MR) is 61.1 cm³/mol. The molecule has 1 aromatic carbocycles. The molecule has 84 valence electrons. The van der Waals surface area contributed by atoms with E-state index in [-0.39, 0.29) is 5.75 Å². The summed E-state index contributed by atoms with van der Waals surface area (Å²) in [6.07, 6.45) is 0. The Morgan fingerprint density at radius 3 is 2.27 bits per heavy atom. The number of hydrogen-bond acceptors (Lipinski definition) is 1. The van der Waals surface area contributed by atoms with Gasteiger partial charge < -0.3 is 0 Å². The first kappa shape index (κ1) is 13.0. The van der Waals surface area contributed by atoms with Crippen LogP contribution >= 0.6 is 11.6 Å². The van der Waals surface area contributed by atoms with Crippen molar-refractivity contribution in [3.05, 3.63) is 23.2 Å². The van der Waals surface area contributed by atoms with Gasteiger partial charge in [0, 0.05) is 0 Å². The minimum absolute atomic E-state index is 0.120. The minimum atomic E-state index is -2.80. The summed E-state index contributed by atoms with van der Waals surface area (Å²) in [7, 11) is 0. The van der Waals surface area contributed by atoms with Gasteiger partial charge in [0.2, 0.25) is 0 Å². The van der Waals surface area contributed by atoms with Crippen molar-refractivity contribution in [2.75, 3.05) is 0 Å². The van der Waals surface area contributed by atoms with Gasteiger partial charge in [-0.2, -0.15) is 0 Å². The van der Waals surface area contributed by atoms with Gasteiger partial charge >= 0.3 is 97.5 Å². The third-order valence-corrected chi connectivity index (χ3v) is 8.60. The van der Waals surface area contributed by atoms with E-state index in [0.717, 1.165) is 3.58 Å². The first-order chi connectivity index (χ1) is 6.80. The van der Waals surface area contributed by atoms with Crippen LogP contribution in [-0.2, 0) is 0 Å². The molecule has 0 aliphatic carbocycles. The molecule has 0 N–H and O–H groups in total. The van der Waals surface area contributed by atoms with Crippen LogP contribution in [0.25, 0.3) is 0 Å². The zero-order valence-electron chi connectivity index (χ0n) is 8.85. The van der Waals surface area contributed by atoms with Crippen molar-refractivity contribution < 1.29 is 13.5 Å². The van der Waals surface area contributed by atoms with Gasteiger partial charge in [-0.1, -0.05) is 0 Å². The van der Waals surface area contributed by atoms with Crippen molar-refractivity contribution in [3.8, 4) is 5.75 Å². The van der Waals surface area contributed by atoms with E-state index in [0.29, 0.717) is 5.02 Å². The zero-order valence-corrected chi connectivity index (χ0v) is 12.5. The summed E-state index contributed by atoms with van der Waals surface area (Å²) in [4.78, 5) is 6.64. The van der Waals surface area contributed by atoms with E-state index in [1.165, 1.54) is 6.07 Å². The van der Waals surface area contributed by atoms with Crippen LogP contribution in [0.3, 0.4) is 0 Å². The average Bonchev–Trinajstić information content (AvgIpc) is 1.99. The third kappa shape index (κ3) is 3.79. The quantitative estimate of drug-likeness (QED) is 0.765. The Morgan fingerprint density at radius 2 is 1.87 bits per heavy atom. The molecule has 0 radical (unpaired) electrons. The van der Waals surface area contributed by atoms with Crippen LogP contribution in [0.2, 0.25) is 19.8 Å². The molecule has 0 heterocycles. The van der Waals surface area contributed by atoms with E-state index in [1.54, 1.807) is 12.1 Å². The van der Waals surface area contributed by atoms with E-state index in [9.17, 15) is 8.78 Å². The molecule has 0 aliphatic rings. The van der Waals surface area contributed by atoms with Gasteiger partial charge in [-0.3, -0.25) is 0 Å². The summed E-state index contributed by atoms with van der Waals surface area (Å²) in [5, 5.41) is 0.538. The molecule has 0 atom stereocenters. The summed E-state index contributed by atoms with van der Waals surface area (Å²) in [6, 6.07) is 4.82. The molecule has 1 rings (SSSR count). The molecule has 0 spiro atoms. The monoisotopic (exact) mass is 342 g/mol. The molecule has 1 aromatic rings. The van der Waals surface area contributed by atoms with Crippen LogP contribution in [0, 0.1) is 0 Å². The summed E-state index contributed by atoms with van der Waals surface area (Å²) >= 11 is 3.79. The molecule has 0 unspecified atom stereocenters. The topological polar surface area (TPSA) is 9.23 Å². The van der Waals surface area contributed by atoms with E-state index >= 15 is 0 Å². The molecule has 0 fully saturated rings. The predicted octanol–water partition coefficient (Wildman–Crippen LogP) is 3.49. The van der Waals surface area contributed by atoms with Gasteiger partial charge in [0.05, 0.1) is 0 Å². The van der Waals surface area contributed by atoms with Crippen molar-refractivity contribution in [3.63, 3.8) is 0 Å². The number of ether oxygens (including phenoxy) is 1. The second kappa shape index (κ2) is 4.87. The van der Waals surface area contributed by atoms with Crippen LogP contribution in [0.15, 0.2) is 18.2 Å². The molecular weight excluding hydrogens is 328 g/mol. The van der Waals surface area contributed by atoms with Gasteiger partial charge in [0.15, 0.2) is 0 Å². The maximum atomic E-state index is 11.9. The molecule has 5 heteroatoms. The molecule has 0 saturated carbocycles. The van der Waals surface area contributed by atoms with Gasteiger partial charge in [0.25, 0.3) is 0 Å². The second-order valence-electron chi connectivity index (χ2n) is 4.27. The molecule has 0 aromatic heterocycles. The summed E-state index contributed by atoms with van der Waals surface area (Å²) in [6.45, 7) is -2.80. The fourth-order valence-electron chi connectivity index (χ4n) is 1.28. The molecule has 15 heavy (non-hydrogen) atoms. The molecule has 0 saturated heterocycles. The number of rotatable bonds is 3. The molecule has 0 aliphatic heterocycles. The zero-order chi connectivity index (χ0) is 11.6. The van der Waals surface area contributed by atoms with Gasteiger partial charge in [0.1, 0.15) is 0 Å².